The number of nitrogens with zero attached hydrogens (tertiary/aromatic N) is 1. The maximum absolute atomic E-state index is 11.4. The van der Waals surface area contributed by atoms with Gasteiger partial charge in [-0.25, -0.2) is 0 Å². The van der Waals surface area contributed by atoms with Gasteiger partial charge in [0, 0.05) is 32.8 Å². The molecule has 1 aliphatic rings. The lowest BCUT2D eigenvalue weighted by molar-refractivity contribution is -0.137. The van der Waals surface area contributed by atoms with Gasteiger partial charge in [-0.15, -0.1) is 0 Å². The Hall–Kier alpha value is -0.610. The van der Waals surface area contributed by atoms with Gasteiger partial charge in [-0.1, -0.05) is 0 Å². The average Bonchev–Trinajstić information content (AvgIpc) is 2.05. The predicted molar refractivity (Wildman–Crippen MR) is 45.9 cm³/mol. The van der Waals surface area contributed by atoms with Crippen LogP contribution < -0.4 is 5.32 Å². The van der Waals surface area contributed by atoms with Crippen molar-refractivity contribution in [3.8, 4) is 0 Å². The number of methoxy groups -OCH3 is 1. The summed E-state index contributed by atoms with van der Waals surface area (Å²) in [6.45, 7) is 4.81. The minimum atomic E-state index is 0.0894. The molecule has 0 saturated carbocycles. The summed E-state index contributed by atoms with van der Waals surface area (Å²) >= 11 is 0. The minimum Gasteiger partial charge on any atom is -0.375 e. The summed E-state index contributed by atoms with van der Waals surface area (Å²) in [5.74, 6) is 0.0894. The number of nitrogens with one attached hydrogen (secondary N) is 1. The van der Waals surface area contributed by atoms with Gasteiger partial charge in [0.05, 0.1) is 0 Å². The third-order valence-electron chi connectivity index (χ3n) is 2.09. The molecule has 1 heterocycles. The van der Waals surface area contributed by atoms with Crippen LogP contribution in [0.1, 0.15) is 6.92 Å². The summed E-state index contributed by atoms with van der Waals surface area (Å²) in [6.07, 6.45) is 0. The highest BCUT2D eigenvalue weighted by molar-refractivity contribution is 5.77. The quantitative estimate of drug-likeness (QED) is 0.608. The number of amides is 1. The summed E-state index contributed by atoms with van der Waals surface area (Å²) in [6, 6.07) is 0.293. The Morgan fingerprint density at radius 2 is 2.50 bits per heavy atom. The van der Waals surface area contributed by atoms with E-state index >= 15 is 0 Å². The van der Waals surface area contributed by atoms with Crippen molar-refractivity contribution in [2.24, 2.45) is 0 Å². The molecule has 1 rings (SSSR count). The third-order valence-corrected chi connectivity index (χ3v) is 2.09. The van der Waals surface area contributed by atoms with Crippen molar-refractivity contribution < 1.29 is 9.53 Å². The molecule has 0 bridgehead atoms. The van der Waals surface area contributed by atoms with Crippen LogP contribution in [0.3, 0.4) is 0 Å². The molecule has 0 aromatic carbocycles. The fraction of sp³-hybridized carbons (Fsp3) is 0.875. The van der Waals surface area contributed by atoms with E-state index in [9.17, 15) is 4.79 Å². The molecule has 70 valence electrons. The normalized spacial score (nSPS) is 24.2. The topological polar surface area (TPSA) is 41.6 Å². The number of carbonyl (C=O) groups is 1. The Bertz CT molecular complexity index is 161. The largest absolute Gasteiger partial charge is 0.375 e. The summed E-state index contributed by atoms with van der Waals surface area (Å²) in [5, 5.41) is 3.23. The van der Waals surface area contributed by atoms with Crippen LogP contribution in [0.4, 0.5) is 0 Å². The monoisotopic (exact) mass is 172 g/mol. The Balaban J connectivity index is 2.42. The first-order valence-electron chi connectivity index (χ1n) is 4.25. The Morgan fingerprint density at radius 3 is 3.08 bits per heavy atom. The molecule has 0 aromatic rings. The molecule has 4 nitrogen and oxygen atoms in total. The molecule has 1 fully saturated rings. The second kappa shape index (κ2) is 4.42. The summed E-state index contributed by atoms with van der Waals surface area (Å²) < 4.78 is 4.79. The van der Waals surface area contributed by atoms with Crippen molar-refractivity contribution in [1.82, 2.24) is 10.2 Å². The van der Waals surface area contributed by atoms with Gasteiger partial charge in [0.15, 0.2) is 0 Å². The number of carbonyl (C=O) groups excluding carboxylic acids is 1. The van der Waals surface area contributed by atoms with Crippen molar-refractivity contribution in [1.29, 1.82) is 0 Å². The van der Waals surface area contributed by atoms with E-state index < -0.39 is 0 Å². The zero-order valence-corrected chi connectivity index (χ0v) is 7.67. The summed E-state index contributed by atoms with van der Waals surface area (Å²) in [5.41, 5.74) is 0. The molecule has 1 atom stereocenters. The van der Waals surface area contributed by atoms with Crippen LogP contribution in [0.5, 0.6) is 0 Å². The number of hydrogen-bond donors (Lipinski definition) is 1. The molecular formula is C8H16N2O2. The van der Waals surface area contributed by atoms with E-state index in [-0.39, 0.29) is 12.5 Å². The first-order chi connectivity index (χ1) is 5.75. The van der Waals surface area contributed by atoms with Gasteiger partial charge in [0.2, 0.25) is 5.91 Å². The van der Waals surface area contributed by atoms with E-state index in [1.54, 1.807) is 7.11 Å². The van der Waals surface area contributed by atoms with E-state index in [4.69, 9.17) is 4.74 Å². The molecule has 0 radical (unpaired) electrons. The van der Waals surface area contributed by atoms with Crippen LogP contribution in [-0.2, 0) is 9.53 Å². The van der Waals surface area contributed by atoms with E-state index in [0.717, 1.165) is 19.6 Å². The lowest BCUT2D eigenvalue weighted by Gasteiger charge is -2.33. The molecule has 0 aliphatic carbocycles. The van der Waals surface area contributed by atoms with Gasteiger partial charge >= 0.3 is 0 Å². The number of hydrogen-bond acceptors (Lipinski definition) is 3. The van der Waals surface area contributed by atoms with Gasteiger partial charge in [0.1, 0.15) is 6.61 Å². The molecule has 0 unspecified atom stereocenters. The van der Waals surface area contributed by atoms with E-state index in [2.05, 4.69) is 5.32 Å². The highest BCUT2D eigenvalue weighted by Crippen LogP contribution is 2.02. The summed E-state index contributed by atoms with van der Waals surface area (Å²) in [4.78, 5) is 13.2. The number of piperazine rings is 1. The predicted octanol–water partition coefficient (Wildman–Crippen LogP) is -0.547. The standard InChI is InChI=1S/C8H16N2O2/c1-7-5-9-3-4-10(7)8(11)6-12-2/h7,9H,3-6H2,1-2H3/t7-/m1/s1. The minimum absolute atomic E-state index is 0.0894. The second-order valence-corrected chi connectivity index (χ2v) is 3.07. The van der Waals surface area contributed by atoms with E-state index in [1.165, 1.54) is 0 Å². The van der Waals surface area contributed by atoms with Crippen LogP contribution in [-0.4, -0.2) is 50.2 Å². The van der Waals surface area contributed by atoms with Gasteiger partial charge in [-0.3, -0.25) is 4.79 Å². The summed E-state index contributed by atoms with van der Waals surface area (Å²) in [7, 11) is 1.55. The zero-order chi connectivity index (χ0) is 8.97. The third kappa shape index (κ3) is 2.19. The van der Waals surface area contributed by atoms with Crippen molar-refractivity contribution in [2.75, 3.05) is 33.4 Å². The lowest BCUT2D eigenvalue weighted by atomic mass is 10.2. The smallest absolute Gasteiger partial charge is 0.248 e. The highest BCUT2D eigenvalue weighted by atomic mass is 16.5. The zero-order valence-electron chi connectivity index (χ0n) is 7.67. The Labute approximate surface area is 72.9 Å². The fourth-order valence-corrected chi connectivity index (χ4v) is 1.42. The van der Waals surface area contributed by atoms with Crippen LogP contribution in [0, 0.1) is 0 Å². The van der Waals surface area contributed by atoms with Crippen molar-refractivity contribution in [2.45, 2.75) is 13.0 Å². The van der Waals surface area contributed by atoms with Crippen LogP contribution in [0.2, 0.25) is 0 Å². The molecule has 1 aliphatic heterocycles. The molecule has 4 heteroatoms. The maximum atomic E-state index is 11.4. The highest BCUT2D eigenvalue weighted by Gasteiger charge is 2.21. The molecule has 1 N–H and O–H groups in total. The average molecular weight is 172 g/mol. The van der Waals surface area contributed by atoms with Gasteiger partial charge in [0.25, 0.3) is 0 Å². The maximum Gasteiger partial charge on any atom is 0.248 e. The first kappa shape index (κ1) is 9.48. The van der Waals surface area contributed by atoms with Crippen LogP contribution in [0.15, 0.2) is 0 Å². The molecule has 1 saturated heterocycles. The van der Waals surface area contributed by atoms with E-state index in [0.29, 0.717) is 6.04 Å². The Kier molecular flexibility index (Phi) is 3.49. The molecule has 1 amide bonds. The number of rotatable bonds is 2. The molecule has 0 aromatic heterocycles. The van der Waals surface area contributed by atoms with E-state index in [1.807, 2.05) is 11.8 Å². The fourth-order valence-electron chi connectivity index (χ4n) is 1.42. The van der Waals surface area contributed by atoms with Crippen LogP contribution in [0.25, 0.3) is 0 Å². The molecule has 12 heavy (non-hydrogen) atoms. The van der Waals surface area contributed by atoms with Gasteiger partial charge in [-0.2, -0.15) is 0 Å². The Morgan fingerprint density at radius 1 is 1.75 bits per heavy atom. The molecule has 0 spiro atoms. The van der Waals surface area contributed by atoms with Gasteiger partial charge in [-0.05, 0) is 6.92 Å². The first-order valence-corrected chi connectivity index (χ1v) is 4.25. The second-order valence-electron chi connectivity index (χ2n) is 3.07. The number of ether oxygens (including phenoxy) is 1. The van der Waals surface area contributed by atoms with Crippen molar-refractivity contribution >= 4 is 5.91 Å². The molecular weight excluding hydrogens is 156 g/mol. The van der Waals surface area contributed by atoms with Crippen molar-refractivity contribution in [3.63, 3.8) is 0 Å². The van der Waals surface area contributed by atoms with Gasteiger partial charge < -0.3 is 15.0 Å². The van der Waals surface area contributed by atoms with Crippen LogP contribution >= 0.6 is 0 Å². The van der Waals surface area contributed by atoms with Crippen molar-refractivity contribution in [3.05, 3.63) is 0 Å². The lowest BCUT2D eigenvalue weighted by Crippen LogP contribution is -2.53. The SMILES string of the molecule is COCC(=O)N1CCNC[C@H]1C.